The molecule has 0 fully saturated rings. The van der Waals surface area contributed by atoms with E-state index in [1.54, 1.807) is 6.92 Å². The molecule has 4 heteroatoms. The molecule has 0 unspecified atom stereocenters. The van der Waals surface area contributed by atoms with Gasteiger partial charge in [-0.1, -0.05) is 0 Å². The number of aryl methyl sites for hydroxylation is 1. The highest BCUT2D eigenvalue weighted by atomic mass is 32.2. The predicted octanol–water partition coefficient (Wildman–Crippen LogP) is 1.14. The molecule has 0 amide bonds. The predicted molar refractivity (Wildman–Crippen MR) is 47.8 cm³/mol. The van der Waals surface area contributed by atoms with Crippen LogP contribution < -0.4 is 5.59 Å². The van der Waals surface area contributed by atoms with Crippen molar-refractivity contribution < 1.29 is 4.39 Å². The highest BCUT2D eigenvalue weighted by molar-refractivity contribution is 8.23. The minimum atomic E-state index is -0.194. The Morgan fingerprint density at radius 3 is 2.91 bits per heavy atom. The molecule has 1 nitrogen and oxygen atoms in total. The van der Waals surface area contributed by atoms with Gasteiger partial charge in [0.1, 0.15) is 5.82 Å². The number of hydrogen-bond donors (Lipinski definition) is 0. The van der Waals surface area contributed by atoms with Crippen LogP contribution in [0.4, 0.5) is 4.39 Å². The van der Waals surface area contributed by atoms with Crippen molar-refractivity contribution in [2.45, 2.75) is 6.92 Å². The van der Waals surface area contributed by atoms with Gasteiger partial charge in [0.05, 0.1) is 0 Å². The molecule has 0 aliphatic rings. The first kappa shape index (κ1) is 8.59. The fraction of sp³-hybridized carbons (Fsp3) is 0.286. The Bertz CT molecular complexity index is 254. The molecule has 1 aromatic heterocycles. The van der Waals surface area contributed by atoms with E-state index in [2.05, 4.69) is 4.98 Å². The summed E-state index contributed by atoms with van der Waals surface area (Å²) in [6.07, 6.45) is 3.46. The largest absolute Gasteiger partial charge is 0.270 e. The second kappa shape index (κ2) is 3.76. The van der Waals surface area contributed by atoms with Crippen LogP contribution in [0.3, 0.4) is 0 Å². The molecule has 1 rings (SSSR count). The summed E-state index contributed by atoms with van der Waals surface area (Å²) in [5.41, 5.74) is 1.27. The molecule has 0 saturated carbocycles. The fourth-order valence-corrected chi connectivity index (χ4v) is 1.07. The molecule has 1 heterocycles. The highest BCUT2D eigenvalue weighted by Crippen LogP contribution is 2.00. The number of hydrogen-bond acceptors (Lipinski definition) is 2. The van der Waals surface area contributed by atoms with Crippen molar-refractivity contribution in [3.8, 4) is 0 Å². The Morgan fingerprint density at radius 1 is 1.64 bits per heavy atom. The van der Waals surface area contributed by atoms with Crippen molar-refractivity contribution in [3.63, 3.8) is 0 Å². The van der Waals surface area contributed by atoms with E-state index in [4.69, 9.17) is 0 Å². The van der Waals surface area contributed by atoms with Crippen molar-refractivity contribution in [1.82, 2.24) is 4.98 Å². The van der Waals surface area contributed by atoms with Gasteiger partial charge in [0.25, 0.3) is 6.56 Å². The van der Waals surface area contributed by atoms with Crippen LogP contribution in [0.15, 0.2) is 12.3 Å². The average Bonchev–Trinajstić information content (AvgIpc) is 1.98. The van der Waals surface area contributed by atoms with E-state index in [1.165, 1.54) is 23.9 Å². The zero-order valence-corrected chi connectivity index (χ0v) is 7.28. The lowest BCUT2D eigenvalue weighted by molar-refractivity contribution is 0.617. The third-order valence-electron chi connectivity index (χ3n) is 1.30. The third kappa shape index (κ3) is 2.22. The van der Waals surface area contributed by atoms with Gasteiger partial charge >= 0.3 is 0 Å². The lowest BCUT2D eigenvalue weighted by Crippen LogP contribution is -2.16. The Balaban J connectivity index is 2.86. The molecule has 0 bridgehead atoms. The molecule has 0 atom stereocenters. The minimum Gasteiger partial charge on any atom is -0.270 e. The lowest BCUT2D eigenvalue weighted by Gasteiger charge is -1.97. The van der Waals surface area contributed by atoms with Gasteiger partial charge in [0, 0.05) is 17.4 Å². The molecule has 11 heavy (non-hydrogen) atoms. The number of pyridine rings is 1. The van der Waals surface area contributed by atoms with Gasteiger partial charge < -0.3 is 0 Å². The summed E-state index contributed by atoms with van der Waals surface area (Å²) >= 11 is 1.52. The van der Waals surface area contributed by atoms with Crippen molar-refractivity contribution in [1.29, 1.82) is 0 Å². The molecule has 57 valence electrons. The third-order valence-corrected chi connectivity index (χ3v) is 1.77. The summed E-state index contributed by atoms with van der Waals surface area (Å²) in [5, 5.41) is 0. The zero-order valence-electron chi connectivity index (χ0n) is 6.47. The lowest BCUT2D eigenvalue weighted by atomic mass is 10.0. The smallest absolute Gasteiger partial charge is 0.254 e. The first-order valence-corrected chi connectivity index (χ1v) is 4.51. The minimum absolute atomic E-state index is 0.194. The normalized spacial score (nSPS) is 9.73. The molecular weight excluding hydrogens is 160 g/mol. The fourth-order valence-electron chi connectivity index (χ4n) is 0.699. The van der Waals surface area contributed by atoms with Crippen molar-refractivity contribution >= 4 is 23.8 Å². The summed E-state index contributed by atoms with van der Waals surface area (Å²) in [4.78, 5) is 4.01. The van der Waals surface area contributed by atoms with Gasteiger partial charge in [-0.3, -0.25) is 4.98 Å². The summed E-state index contributed by atoms with van der Waals surface area (Å²) in [6, 6.07) is 1.44. The van der Waals surface area contributed by atoms with Crippen LogP contribution in [-0.2, 0) is 0 Å². The maximum absolute atomic E-state index is 12.8. The summed E-state index contributed by atoms with van der Waals surface area (Å²) in [7, 11) is 0. The van der Waals surface area contributed by atoms with E-state index in [0.29, 0.717) is 11.2 Å². The van der Waals surface area contributed by atoms with E-state index in [0.717, 1.165) is 0 Å². The Morgan fingerprint density at radius 2 is 2.36 bits per heavy atom. The summed E-state index contributed by atoms with van der Waals surface area (Å²) in [6.45, 7) is 3.51. The summed E-state index contributed by atoms with van der Waals surface area (Å²) < 4.78 is 12.8. The molecule has 0 aliphatic heterocycles. The molecule has 0 aliphatic carbocycles. The Kier molecular flexibility index (Phi) is 2.94. The van der Waals surface area contributed by atoms with E-state index >= 15 is 0 Å². The van der Waals surface area contributed by atoms with Gasteiger partial charge in [0.2, 0.25) is 0 Å². The molecule has 0 saturated heterocycles. The van der Waals surface area contributed by atoms with Crippen LogP contribution in [-0.4, -0.2) is 17.8 Å². The van der Waals surface area contributed by atoms with Crippen LogP contribution in [0.2, 0.25) is 0 Å². The molecule has 0 spiro atoms. The quantitative estimate of drug-likeness (QED) is 0.614. The second-order valence-corrected chi connectivity index (χ2v) is 2.92. The van der Waals surface area contributed by atoms with Crippen molar-refractivity contribution in [2.75, 3.05) is 6.26 Å². The van der Waals surface area contributed by atoms with Crippen LogP contribution in [0, 0.1) is 12.7 Å². The van der Waals surface area contributed by atoms with Gasteiger partial charge in [-0.15, -0.1) is 0 Å². The maximum Gasteiger partial charge on any atom is 0.254 e. The van der Waals surface area contributed by atoms with Crippen molar-refractivity contribution in [2.24, 2.45) is 0 Å². The number of nitrogens with zero attached hydrogens (tertiary/aromatic N) is 1. The molecule has 0 aromatic carbocycles. The van der Waals surface area contributed by atoms with E-state index in [1.807, 2.05) is 12.8 Å². The van der Waals surface area contributed by atoms with Gasteiger partial charge in [-0.25, -0.2) is 16.0 Å². The Labute approximate surface area is 70.6 Å². The van der Waals surface area contributed by atoms with Crippen LogP contribution in [0.1, 0.15) is 5.56 Å². The van der Waals surface area contributed by atoms with Gasteiger partial charge in [-0.2, -0.15) is 0 Å². The molecular formula is C7H8BFNS. The van der Waals surface area contributed by atoms with Crippen LogP contribution >= 0.6 is 11.6 Å². The van der Waals surface area contributed by atoms with Gasteiger partial charge in [-0.05, 0) is 19.2 Å². The number of aromatic nitrogens is 1. The van der Waals surface area contributed by atoms with E-state index in [9.17, 15) is 4.39 Å². The monoisotopic (exact) mass is 168 g/mol. The zero-order chi connectivity index (χ0) is 8.27. The highest BCUT2D eigenvalue weighted by Gasteiger charge is 2.00. The van der Waals surface area contributed by atoms with Gasteiger partial charge in [0.15, 0.2) is 0 Å². The standard InChI is InChI=1S/C7H8BFNS/c1-5-4-10-7(8-11-2)3-6(5)9/h3-4H,1-2H3. The SMILES string of the molecule is CS[B]c1cc(F)c(C)cn1. The van der Waals surface area contributed by atoms with Crippen LogP contribution in [0.25, 0.3) is 0 Å². The second-order valence-electron chi connectivity index (χ2n) is 2.21. The molecule has 1 radical (unpaired) electrons. The number of halogens is 1. The number of rotatable bonds is 2. The first-order valence-electron chi connectivity index (χ1n) is 3.22. The average molecular weight is 168 g/mol. The molecule has 1 aromatic rings. The first-order chi connectivity index (χ1) is 5.24. The maximum atomic E-state index is 12.8. The van der Waals surface area contributed by atoms with E-state index < -0.39 is 0 Å². The van der Waals surface area contributed by atoms with Crippen LogP contribution in [0.5, 0.6) is 0 Å². The molecule has 0 N–H and O–H groups in total. The van der Waals surface area contributed by atoms with E-state index in [-0.39, 0.29) is 5.82 Å². The summed E-state index contributed by atoms with van der Waals surface area (Å²) in [5.74, 6) is -0.194. The topological polar surface area (TPSA) is 12.9 Å². The Hall–Kier alpha value is -0.505. The van der Waals surface area contributed by atoms with Crippen molar-refractivity contribution in [3.05, 3.63) is 23.6 Å².